The summed E-state index contributed by atoms with van der Waals surface area (Å²) in [6.07, 6.45) is 0.151. The van der Waals surface area contributed by atoms with Crippen LogP contribution >= 0.6 is 11.3 Å². The number of hydrogen-bond donors (Lipinski definition) is 4. The van der Waals surface area contributed by atoms with Crippen LogP contribution in [-0.4, -0.2) is 36.1 Å². The van der Waals surface area contributed by atoms with Crippen LogP contribution in [0.4, 0.5) is 4.79 Å². The fraction of sp³-hybridized carbons (Fsp3) is 0.417. The largest absolute Gasteiger partial charge is 0.479 e. The Kier molecular flexibility index (Phi) is 6.51. The molecule has 0 fully saturated rings. The first-order valence-corrected chi connectivity index (χ1v) is 6.99. The molecule has 0 aliphatic heterocycles. The number of carboxylic acids is 1. The van der Waals surface area contributed by atoms with Gasteiger partial charge in [0.2, 0.25) is 5.91 Å². The van der Waals surface area contributed by atoms with E-state index in [4.69, 9.17) is 5.11 Å². The van der Waals surface area contributed by atoms with Crippen molar-refractivity contribution < 1.29 is 19.5 Å². The lowest BCUT2D eigenvalue weighted by atomic mass is 10.2. The Morgan fingerprint density at radius 2 is 2.10 bits per heavy atom. The molecule has 20 heavy (non-hydrogen) atoms. The summed E-state index contributed by atoms with van der Waals surface area (Å²) in [7, 11) is 0. The quantitative estimate of drug-likeness (QED) is 0.594. The summed E-state index contributed by atoms with van der Waals surface area (Å²) in [5, 5.41) is 18.2. The molecule has 1 heterocycles. The van der Waals surface area contributed by atoms with Crippen LogP contribution < -0.4 is 16.0 Å². The second-order valence-electron chi connectivity index (χ2n) is 3.89. The van der Waals surface area contributed by atoms with Gasteiger partial charge in [0.15, 0.2) is 6.04 Å². The number of urea groups is 1. The fourth-order valence-corrected chi connectivity index (χ4v) is 2.23. The van der Waals surface area contributed by atoms with Crippen molar-refractivity contribution in [1.29, 1.82) is 0 Å². The lowest BCUT2D eigenvalue weighted by molar-refractivity contribution is -0.139. The van der Waals surface area contributed by atoms with E-state index in [0.29, 0.717) is 11.4 Å². The van der Waals surface area contributed by atoms with Gasteiger partial charge >= 0.3 is 12.0 Å². The zero-order valence-electron chi connectivity index (χ0n) is 11.0. The van der Waals surface area contributed by atoms with Gasteiger partial charge < -0.3 is 21.1 Å². The van der Waals surface area contributed by atoms with Crippen molar-refractivity contribution in [3.63, 3.8) is 0 Å². The number of nitrogens with one attached hydrogen (secondary N) is 3. The van der Waals surface area contributed by atoms with Crippen LogP contribution in [0.15, 0.2) is 17.5 Å². The van der Waals surface area contributed by atoms with E-state index in [2.05, 4.69) is 16.0 Å². The molecule has 110 valence electrons. The summed E-state index contributed by atoms with van der Waals surface area (Å²) >= 11 is 1.25. The molecule has 0 aliphatic rings. The molecule has 1 atom stereocenters. The molecule has 1 aromatic rings. The van der Waals surface area contributed by atoms with Crippen LogP contribution in [0.3, 0.4) is 0 Å². The van der Waals surface area contributed by atoms with Crippen molar-refractivity contribution in [2.45, 2.75) is 19.4 Å². The summed E-state index contributed by atoms with van der Waals surface area (Å²) < 4.78 is 0. The molecule has 8 heteroatoms. The predicted octanol–water partition coefficient (Wildman–Crippen LogP) is 0.699. The third kappa shape index (κ3) is 5.27. The highest BCUT2D eigenvalue weighted by Gasteiger charge is 2.22. The molecule has 1 unspecified atom stereocenters. The van der Waals surface area contributed by atoms with E-state index in [1.165, 1.54) is 11.3 Å². The topological polar surface area (TPSA) is 108 Å². The van der Waals surface area contributed by atoms with E-state index >= 15 is 0 Å². The maximum atomic E-state index is 11.6. The van der Waals surface area contributed by atoms with E-state index in [1.54, 1.807) is 24.4 Å². The highest BCUT2D eigenvalue weighted by Crippen LogP contribution is 2.18. The average Bonchev–Trinajstić information content (AvgIpc) is 2.89. The lowest BCUT2D eigenvalue weighted by Crippen LogP contribution is -2.41. The molecule has 7 nitrogen and oxygen atoms in total. The maximum absolute atomic E-state index is 11.6. The Labute approximate surface area is 120 Å². The number of aliphatic carboxylic acids is 1. The van der Waals surface area contributed by atoms with Crippen LogP contribution in [0.1, 0.15) is 24.3 Å². The second-order valence-corrected chi connectivity index (χ2v) is 4.87. The van der Waals surface area contributed by atoms with Crippen LogP contribution in [0.2, 0.25) is 0 Å². The number of rotatable bonds is 7. The number of carboxylic acid groups (broad SMARTS) is 1. The number of carbonyl (C=O) groups is 3. The van der Waals surface area contributed by atoms with Crippen molar-refractivity contribution in [3.8, 4) is 0 Å². The Morgan fingerprint density at radius 1 is 1.35 bits per heavy atom. The van der Waals surface area contributed by atoms with Crippen molar-refractivity contribution in [3.05, 3.63) is 22.4 Å². The van der Waals surface area contributed by atoms with Gasteiger partial charge in [-0.15, -0.1) is 11.3 Å². The van der Waals surface area contributed by atoms with E-state index in [-0.39, 0.29) is 18.9 Å². The van der Waals surface area contributed by atoms with Gasteiger partial charge in [-0.25, -0.2) is 9.59 Å². The van der Waals surface area contributed by atoms with Crippen molar-refractivity contribution in [1.82, 2.24) is 16.0 Å². The molecule has 4 N–H and O–H groups in total. The first kappa shape index (κ1) is 16.0. The molecule has 1 aromatic heterocycles. The summed E-state index contributed by atoms with van der Waals surface area (Å²) in [6.45, 7) is 2.48. The third-order valence-electron chi connectivity index (χ3n) is 2.36. The van der Waals surface area contributed by atoms with Gasteiger partial charge in [0.05, 0.1) is 0 Å². The SMILES string of the molecule is CCNC(=O)CCNC(=O)NC(C(=O)O)c1cccs1. The summed E-state index contributed by atoms with van der Waals surface area (Å²) in [5.74, 6) is -1.30. The molecular weight excluding hydrogens is 282 g/mol. The van der Waals surface area contributed by atoms with Gasteiger partial charge in [-0.05, 0) is 18.4 Å². The molecule has 3 amide bonds. The highest BCUT2D eigenvalue weighted by molar-refractivity contribution is 7.10. The van der Waals surface area contributed by atoms with Gasteiger partial charge in [-0.3, -0.25) is 4.79 Å². The van der Waals surface area contributed by atoms with Crippen LogP contribution in [0.5, 0.6) is 0 Å². The zero-order valence-corrected chi connectivity index (χ0v) is 11.8. The van der Waals surface area contributed by atoms with Crippen LogP contribution in [-0.2, 0) is 9.59 Å². The van der Waals surface area contributed by atoms with Crippen molar-refractivity contribution >= 4 is 29.2 Å². The normalized spacial score (nSPS) is 11.4. The van der Waals surface area contributed by atoms with E-state index in [0.717, 1.165) is 0 Å². The minimum Gasteiger partial charge on any atom is -0.479 e. The average molecular weight is 299 g/mol. The Balaban J connectivity index is 2.40. The Morgan fingerprint density at radius 3 is 2.65 bits per heavy atom. The smallest absolute Gasteiger partial charge is 0.331 e. The first-order chi connectivity index (χ1) is 9.54. The molecule has 0 aromatic carbocycles. The maximum Gasteiger partial charge on any atom is 0.331 e. The number of amides is 3. The monoisotopic (exact) mass is 299 g/mol. The summed E-state index contributed by atoms with van der Waals surface area (Å²) in [6, 6.07) is 1.65. The third-order valence-corrected chi connectivity index (χ3v) is 3.30. The number of hydrogen-bond acceptors (Lipinski definition) is 4. The van der Waals surface area contributed by atoms with E-state index in [1.807, 2.05) is 0 Å². The van der Waals surface area contributed by atoms with Crippen molar-refractivity contribution in [2.75, 3.05) is 13.1 Å². The second kappa shape index (κ2) is 8.16. The standard InChI is InChI=1S/C12H17N3O4S/c1-2-13-9(16)5-6-14-12(19)15-10(11(17)18)8-4-3-7-20-8/h3-4,7,10H,2,5-6H2,1H3,(H,13,16)(H,17,18)(H2,14,15,19). The molecule has 0 saturated carbocycles. The minimum absolute atomic E-state index is 0.147. The molecule has 0 bridgehead atoms. The van der Waals surface area contributed by atoms with Crippen LogP contribution in [0.25, 0.3) is 0 Å². The van der Waals surface area contributed by atoms with Gasteiger partial charge in [-0.2, -0.15) is 0 Å². The molecule has 0 radical (unpaired) electrons. The van der Waals surface area contributed by atoms with Gasteiger partial charge in [0.1, 0.15) is 0 Å². The lowest BCUT2D eigenvalue weighted by Gasteiger charge is -2.13. The van der Waals surface area contributed by atoms with Gasteiger partial charge in [-0.1, -0.05) is 6.07 Å². The number of thiophene rings is 1. The van der Waals surface area contributed by atoms with E-state index in [9.17, 15) is 14.4 Å². The Hall–Kier alpha value is -2.09. The van der Waals surface area contributed by atoms with Gasteiger partial charge in [0.25, 0.3) is 0 Å². The minimum atomic E-state index is -1.13. The summed E-state index contributed by atoms with van der Waals surface area (Å²) in [4.78, 5) is 34.4. The molecule has 1 rings (SSSR count). The molecule has 0 aliphatic carbocycles. The summed E-state index contributed by atoms with van der Waals surface area (Å²) in [5.41, 5.74) is 0. The molecular formula is C12H17N3O4S. The number of carbonyl (C=O) groups excluding carboxylic acids is 2. The van der Waals surface area contributed by atoms with Crippen molar-refractivity contribution in [2.24, 2.45) is 0 Å². The molecule has 0 spiro atoms. The zero-order chi connectivity index (χ0) is 15.0. The van der Waals surface area contributed by atoms with E-state index < -0.39 is 18.0 Å². The predicted molar refractivity (Wildman–Crippen MR) is 74.5 cm³/mol. The Bertz CT molecular complexity index is 461. The molecule has 0 saturated heterocycles. The first-order valence-electron chi connectivity index (χ1n) is 6.11. The highest BCUT2D eigenvalue weighted by atomic mass is 32.1. The van der Waals surface area contributed by atoms with Gasteiger partial charge in [0, 0.05) is 24.4 Å². The van der Waals surface area contributed by atoms with Crippen LogP contribution in [0, 0.1) is 0 Å². The fourth-order valence-electron chi connectivity index (χ4n) is 1.47.